The van der Waals surface area contributed by atoms with E-state index in [0.29, 0.717) is 40.6 Å². The molecule has 0 radical (unpaired) electrons. The molecule has 0 bridgehead atoms. The maximum Gasteiger partial charge on any atom is 0.420 e. The molecule has 13 nitrogen and oxygen atoms in total. The minimum atomic E-state index is -1.14. The molecule has 1 atom stereocenters. The van der Waals surface area contributed by atoms with E-state index in [0.717, 1.165) is 11.6 Å². The maximum absolute atomic E-state index is 13.9. The van der Waals surface area contributed by atoms with E-state index in [4.69, 9.17) is 18.9 Å². The zero-order chi connectivity index (χ0) is 34.4. The highest BCUT2D eigenvalue weighted by Crippen LogP contribution is 2.36. The van der Waals surface area contributed by atoms with Crippen LogP contribution in [0.2, 0.25) is 0 Å². The molecular weight excluding hydrogens is 618 g/mol. The van der Waals surface area contributed by atoms with Crippen molar-refractivity contribution in [3.63, 3.8) is 0 Å². The Hall–Kier alpha value is -5.59. The van der Waals surface area contributed by atoms with Gasteiger partial charge >= 0.3 is 18.2 Å². The summed E-state index contributed by atoms with van der Waals surface area (Å²) in [7, 11) is 0. The number of benzene rings is 2. The minimum absolute atomic E-state index is 0.0162. The van der Waals surface area contributed by atoms with E-state index in [2.05, 4.69) is 10.1 Å². The fourth-order valence-corrected chi connectivity index (χ4v) is 5.23. The summed E-state index contributed by atoms with van der Waals surface area (Å²) in [5.41, 5.74) is 1.75. The quantitative estimate of drug-likeness (QED) is 0.203. The monoisotopic (exact) mass is 657 g/mol. The lowest BCUT2D eigenvalue weighted by Gasteiger charge is -2.34. The second-order valence-corrected chi connectivity index (χ2v) is 12.1. The number of ether oxygens (including phenoxy) is 4. The van der Waals surface area contributed by atoms with Gasteiger partial charge in [0.05, 0.1) is 30.6 Å². The molecule has 2 aromatic heterocycles. The van der Waals surface area contributed by atoms with Crippen LogP contribution in [0.4, 0.5) is 21.1 Å². The number of amides is 2. The molecule has 13 heteroatoms. The number of likely N-dealkylation sites (tertiary alicyclic amines) is 1. The van der Waals surface area contributed by atoms with E-state index in [1.807, 2.05) is 37.3 Å². The number of anilines is 2. The fraction of sp³-hybridized carbons (Fsp3) is 0.343. The Morgan fingerprint density at radius 2 is 1.79 bits per heavy atom. The number of hydrogen-bond acceptors (Lipinski definition) is 9. The van der Waals surface area contributed by atoms with Crippen LogP contribution in [-0.4, -0.2) is 74.2 Å². The average Bonchev–Trinajstić information content (AvgIpc) is 3.51. The molecule has 1 aliphatic rings. The summed E-state index contributed by atoms with van der Waals surface area (Å²) in [4.78, 5) is 46.3. The van der Waals surface area contributed by atoms with Crippen molar-refractivity contribution in [3.8, 4) is 11.6 Å². The molecule has 4 aromatic rings. The molecule has 0 aliphatic carbocycles. The summed E-state index contributed by atoms with van der Waals surface area (Å²) in [5.74, 6) is -0.0793. The number of carboxylic acids is 1. The van der Waals surface area contributed by atoms with E-state index < -0.39 is 29.9 Å². The Kier molecular flexibility index (Phi) is 10.2. The van der Waals surface area contributed by atoms with Crippen LogP contribution in [0.25, 0.3) is 5.65 Å². The summed E-state index contributed by atoms with van der Waals surface area (Å²) in [6.07, 6.45) is 0.794. The number of fused-ring (bicyclic) bond motifs is 1. The van der Waals surface area contributed by atoms with Crippen LogP contribution in [0.3, 0.4) is 0 Å². The van der Waals surface area contributed by atoms with Crippen LogP contribution < -0.4 is 14.4 Å². The van der Waals surface area contributed by atoms with Gasteiger partial charge < -0.3 is 29.0 Å². The van der Waals surface area contributed by atoms with Gasteiger partial charge in [-0.3, -0.25) is 0 Å². The highest BCUT2D eigenvalue weighted by atomic mass is 16.6. The summed E-state index contributed by atoms with van der Waals surface area (Å²) in [5, 5.41) is 14.1. The van der Waals surface area contributed by atoms with Crippen LogP contribution in [-0.2, 0) is 20.9 Å². The van der Waals surface area contributed by atoms with Gasteiger partial charge in [0.25, 0.3) is 0 Å². The molecule has 1 aliphatic heterocycles. The Balaban J connectivity index is 1.52. The van der Waals surface area contributed by atoms with Crippen LogP contribution in [0, 0.1) is 6.92 Å². The number of aliphatic carboxylic acids is 1. The van der Waals surface area contributed by atoms with Crippen molar-refractivity contribution in [1.29, 1.82) is 0 Å². The van der Waals surface area contributed by atoms with Crippen LogP contribution in [0.5, 0.6) is 11.6 Å². The largest absolute Gasteiger partial charge is 0.494 e. The van der Waals surface area contributed by atoms with Crippen molar-refractivity contribution >= 4 is 35.3 Å². The van der Waals surface area contributed by atoms with Gasteiger partial charge in [-0.05, 0) is 76.4 Å². The predicted molar refractivity (Wildman–Crippen MR) is 177 cm³/mol. The second-order valence-electron chi connectivity index (χ2n) is 12.1. The van der Waals surface area contributed by atoms with Crippen molar-refractivity contribution in [3.05, 3.63) is 89.6 Å². The predicted octanol–water partition coefficient (Wildman–Crippen LogP) is 6.31. The van der Waals surface area contributed by atoms with E-state index in [-0.39, 0.29) is 32.0 Å². The highest BCUT2D eigenvalue weighted by molar-refractivity contribution is 5.96. The molecule has 1 N–H and O–H groups in total. The second kappa shape index (κ2) is 14.4. The smallest absolute Gasteiger partial charge is 0.420 e. The number of carboxylic acid groups (broad SMARTS) is 1. The van der Waals surface area contributed by atoms with Crippen LogP contribution >= 0.6 is 0 Å². The number of hydrogen-bond donors (Lipinski definition) is 1. The van der Waals surface area contributed by atoms with Crippen molar-refractivity contribution in [1.82, 2.24) is 19.5 Å². The number of rotatable bonds is 9. The van der Waals surface area contributed by atoms with E-state index >= 15 is 0 Å². The van der Waals surface area contributed by atoms with E-state index in [9.17, 15) is 19.5 Å². The molecule has 5 rings (SSSR count). The summed E-state index contributed by atoms with van der Waals surface area (Å²) >= 11 is 0. The summed E-state index contributed by atoms with van der Waals surface area (Å²) in [6, 6.07) is 17.9. The van der Waals surface area contributed by atoms with Gasteiger partial charge in [0.15, 0.2) is 11.5 Å². The average molecular weight is 658 g/mol. The first-order valence-electron chi connectivity index (χ1n) is 15.6. The first-order valence-corrected chi connectivity index (χ1v) is 15.6. The van der Waals surface area contributed by atoms with Gasteiger partial charge in [0.1, 0.15) is 24.1 Å². The van der Waals surface area contributed by atoms with Gasteiger partial charge in [0.2, 0.25) is 5.88 Å². The molecule has 1 unspecified atom stereocenters. The number of nitrogens with zero attached hydrogens (tertiary/aromatic N) is 5. The molecule has 1 saturated heterocycles. The normalized spacial score (nSPS) is 15.6. The van der Waals surface area contributed by atoms with Crippen molar-refractivity contribution in [2.45, 2.75) is 59.4 Å². The Labute approximate surface area is 278 Å². The van der Waals surface area contributed by atoms with Gasteiger partial charge in [-0.1, -0.05) is 30.3 Å². The molecule has 48 heavy (non-hydrogen) atoms. The van der Waals surface area contributed by atoms with Gasteiger partial charge in [-0.2, -0.15) is 14.6 Å². The molecule has 0 spiro atoms. The first kappa shape index (κ1) is 33.8. The molecule has 0 saturated carbocycles. The summed E-state index contributed by atoms with van der Waals surface area (Å²) in [6.45, 7) is 9.76. The number of carbonyl (C=O) groups is 3. The fourth-order valence-electron chi connectivity index (χ4n) is 5.23. The molecule has 2 aromatic carbocycles. The lowest BCUT2D eigenvalue weighted by atomic mass is 10.0. The molecule has 2 amide bonds. The van der Waals surface area contributed by atoms with Crippen molar-refractivity contribution in [2.75, 3.05) is 24.6 Å². The van der Waals surface area contributed by atoms with E-state index in [1.165, 1.54) is 14.3 Å². The Morgan fingerprint density at radius 1 is 1.06 bits per heavy atom. The number of aromatic nitrogens is 3. The molecular formula is C35H39N5O8. The van der Waals surface area contributed by atoms with E-state index in [1.54, 1.807) is 64.2 Å². The Morgan fingerprint density at radius 3 is 2.46 bits per heavy atom. The topological polar surface area (TPSA) is 145 Å². The van der Waals surface area contributed by atoms with Crippen LogP contribution in [0.15, 0.2) is 78.5 Å². The third-order valence-corrected chi connectivity index (χ3v) is 7.39. The van der Waals surface area contributed by atoms with Crippen molar-refractivity contribution in [2.24, 2.45) is 0 Å². The third kappa shape index (κ3) is 8.03. The zero-order valence-corrected chi connectivity index (χ0v) is 27.6. The lowest BCUT2D eigenvalue weighted by Crippen LogP contribution is -2.46. The van der Waals surface area contributed by atoms with Crippen LogP contribution in [0.1, 0.15) is 45.2 Å². The summed E-state index contributed by atoms with van der Waals surface area (Å²) < 4.78 is 24.9. The first-order chi connectivity index (χ1) is 22.9. The maximum atomic E-state index is 13.9. The SMILES string of the molecule is CCOc1ccc(N(C(=O)OC(C)(C)C)c2c(C)c(OC3CN(C(=O)OCc4ccccc4)CCC3=CC(=O)O)nc3ccnn23)cc1. The van der Waals surface area contributed by atoms with Gasteiger partial charge in [0, 0.05) is 18.7 Å². The minimum Gasteiger partial charge on any atom is -0.494 e. The number of carbonyl (C=O) groups excluding carboxylic acids is 2. The lowest BCUT2D eigenvalue weighted by molar-refractivity contribution is -0.131. The number of piperidine rings is 1. The molecule has 252 valence electrons. The third-order valence-electron chi connectivity index (χ3n) is 7.39. The van der Waals surface area contributed by atoms with Crippen molar-refractivity contribution < 1.29 is 38.4 Å². The van der Waals surface area contributed by atoms with Gasteiger partial charge in [-0.25, -0.2) is 19.3 Å². The Bertz CT molecular complexity index is 1800. The zero-order valence-electron chi connectivity index (χ0n) is 27.6. The highest BCUT2D eigenvalue weighted by Gasteiger charge is 2.34. The van der Waals surface area contributed by atoms with Gasteiger partial charge in [-0.15, -0.1) is 0 Å². The standard InChI is InChI=1S/C35H39N5O8/c1-6-45-27-14-12-26(13-15-27)39(34(44)48-35(3,4)5)32-23(2)31(37-29-16-18-36-40(29)32)47-28-21-38(19-17-25(28)20-30(41)42)33(43)46-22-24-10-8-7-9-11-24/h7-16,18,20,28H,6,17,19,21-22H2,1-5H3,(H,41,42). The molecule has 1 fully saturated rings. The molecule has 3 heterocycles.